The van der Waals surface area contributed by atoms with Crippen LogP contribution in [0, 0.1) is 18.3 Å². The zero-order valence-electron chi connectivity index (χ0n) is 22.3. The third kappa shape index (κ3) is 7.17. The lowest BCUT2D eigenvalue weighted by Crippen LogP contribution is -2.41. The van der Waals surface area contributed by atoms with Gasteiger partial charge in [-0.05, 0) is 51.5 Å². The van der Waals surface area contributed by atoms with Gasteiger partial charge in [-0.1, -0.05) is 58.6 Å². The van der Waals surface area contributed by atoms with E-state index in [0.29, 0.717) is 36.6 Å². The molecule has 4 unspecified atom stereocenters. The topological polar surface area (TPSA) is 71.6 Å². The Hall–Kier alpha value is -1.24. The van der Waals surface area contributed by atoms with E-state index < -0.39 is 5.41 Å². The second-order valence-electron chi connectivity index (χ2n) is 11.6. The molecule has 1 aromatic rings. The molecule has 4 atom stereocenters. The van der Waals surface area contributed by atoms with Gasteiger partial charge in [0.1, 0.15) is 5.78 Å². The van der Waals surface area contributed by atoms with Crippen LogP contribution in [0.5, 0.6) is 0 Å². The summed E-state index contributed by atoms with van der Waals surface area (Å²) in [6.45, 7) is 12.5. The van der Waals surface area contributed by atoms with Crippen LogP contribution in [-0.4, -0.2) is 33.9 Å². The molecule has 2 saturated heterocycles. The highest BCUT2D eigenvalue weighted by Gasteiger charge is 2.65. The number of ketones is 1. The number of amides is 1. The van der Waals surface area contributed by atoms with Crippen molar-refractivity contribution in [3.8, 4) is 0 Å². The molecular weight excluding hydrogens is 480 g/mol. The van der Waals surface area contributed by atoms with Crippen LogP contribution in [0.1, 0.15) is 110 Å². The van der Waals surface area contributed by atoms with E-state index in [9.17, 15) is 9.59 Å². The molecule has 0 radical (unpaired) electrons. The minimum Gasteiger partial charge on any atom is -0.363 e. The molecule has 196 valence electrons. The molecule has 1 amide bonds. The average Bonchev–Trinajstić information content (AvgIpc) is 3.11. The summed E-state index contributed by atoms with van der Waals surface area (Å²) in [5.74, 6) is 0.670. The molecule has 0 saturated carbocycles. The van der Waals surface area contributed by atoms with Crippen LogP contribution in [0.4, 0.5) is 0 Å². The van der Waals surface area contributed by atoms with E-state index in [1.54, 1.807) is 11.3 Å². The van der Waals surface area contributed by atoms with Gasteiger partial charge in [-0.2, -0.15) is 0 Å². The Morgan fingerprint density at radius 1 is 1.26 bits per heavy atom. The molecule has 0 aliphatic carbocycles. The molecule has 2 fully saturated rings. The lowest BCUT2D eigenvalue weighted by molar-refractivity contribution is -0.128. The Morgan fingerprint density at radius 3 is 2.66 bits per heavy atom. The fourth-order valence-electron chi connectivity index (χ4n) is 5.48. The van der Waals surface area contributed by atoms with Crippen molar-refractivity contribution < 1.29 is 14.3 Å². The minimum atomic E-state index is -0.511. The summed E-state index contributed by atoms with van der Waals surface area (Å²) < 4.78 is 6.51. The van der Waals surface area contributed by atoms with Gasteiger partial charge in [0, 0.05) is 35.1 Å². The summed E-state index contributed by atoms with van der Waals surface area (Å²) in [5.41, 5.74) is -0.206. The summed E-state index contributed by atoms with van der Waals surface area (Å²) in [6.07, 6.45) is 9.90. The van der Waals surface area contributed by atoms with Gasteiger partial charge in [0.15, 0.2) is 0 Å². The zero-order valence-corrected chi connectivity index (χ0v) is 23.9. The highest BCUT2D eigenvalue weighted by molar-refractivity contribution is 7.09. The lowest BCUT2D eigenvalue weighted by atomic mass is 9.79. The first kappa shape index (κ1) is 28.3. The zero-order chi connectivity index (χ0) is 25.9. The van der Waals surface area contributed by atoms with Crippen molar-refractivity contribution in [1.29, 1.82) is 0 Å². The highest BCUT2D eigenvalue weighted by Crippen LogP contribution is 2.57. The number of hydrogen-bond acceptors (Lipinski definition) is 5. The third-order valence-corrected chi connectivity index (χ3v) is 9.23. The lowest BCUT2D eigenvalue weighted by Gasteiger charge is -2.27. The number of thiazole rings is 1. The van der Waals surface area contributed by atoms with Crippen molar-refractivity contribution in [3.63, 3.8) is 0 Å². The van der Waals surface area contributed by atoms with Gasteiger partial charge in [-0.15, -0.1) is 11.3 Å². The van der Waals surface area contributed by atoms with E-state index in [4.69, 9.17) is 16.3 Å². The highest BCUT2D eigenvalue weighted by atomic mass is 35.5. The second kappa shape index (κ2) is 11.4. The quantitative estimate of drug-likeness (QED) is 0.424. The monoisotopic (exact) mass is 522 g/mol. The Balaban J connectivity index is 1.87. The molecule has 35 heavy (non-hydrogen) atoms. The molecular formula is C28H43ClN2O3S. The molecule has 1 N–H and O–H groups in total. The summed E-state index contributed by atoms with van der Waals surface area (Å²) in [7, 11) is 0. The van der Waals surface area contributed by atoms with Crippen molar-refractivity contribution in [2.75, 3.05) is 0 Å². The number of aryl methyl sites for hydroxylation is 1. The Morgan fingerprint density at radius 2 is 2.00 bits per heavy atom. The normalized spacial score (nSPS) is 33.2. The SMILES string of the molecule is CCCC12CC(C(Cl)=Cc3csc(C)n3)NC(=O)CCC(C)(C)C(=O)CCC(C)CCCC1(C)O2. The van der Waals surface area contributed by atoms with E-state index in [0.717, 1.165) is 49.2 Å². The smallest absolute Gasteiger partial charge is 0.220 e. The number of ether oxygens (including phenoxy) is 1. The number of carbonyl (C=O) groups is 2. The number of aromatic nitrogens is 1. The third-order valence-electron chi connectivity index (χ3n) is 8.07. The van der Waals surface area contributed by atoms with E-state index in [2.05, 4.69) is 31.1 Å². The molecule has 3 rings (SSSR count). The maximum absolute atomic E-state index is 13.1. The van der Waals surface area contributed by atoms with E-state index in [-0.39, 0.29) is 28.9 Å². The Kier molecular flexibility index (Phi) is 9.26. The van der Waals surface area contributed by atoms with Crippen LogP contribution < -0.4 is 5.32 Å². The van der Waals surface area contributed by atoms with Crippen molar-refractivity contribution in [3.05, 3.63) is 21.1 Å². The largest absolute Gasteiger partial charge is 0.363 e. The summed E-state index contributed by atoms with van der Waals surface area (Å²) in [4.78, 5) is 30.5. The fourth-order valence-corrected chi connectivity index (χ4v) is 6.29. The number of nitrogens with one attached hydrogen (secondary N) is 1. The van der Waals surface area contributed by atoms with Gasteiger partial charge in [-0.25, -0.2) is 4.98 Å². The van der Waals surface area contributed by atoms with E-state index in [1.807, 2.05) is 32.2 Å². The number of halogens is 1. The molecule has 0 bridgehead atoms. The Bertz CT molecular complexity index is 942. The summed E-state index contributed by atoms with van der Waals surface area (Å²) >= 11 is 8.44. The van der Waals surface area contributed by atoms with Crippen LogP contribution in [0.15, 0.2) is 10.4 Å². The van der Waals surface area contributed by atoms with Gasteiger partial charge in [0.25, 0.3) is 0 Å². The van der Waals surface area contributed by atoms with Crippen LogP contribution in [-0.2, 0) is 14.3 Å². The van der Waals surface area contributed by atoms with Crippen molar-refractivity contribution in [2.45, 2.75) is 123 Å². The fraction of sp³-hybridized carbons (Fsp3) is 0.750. The van der Waals surface area contributed by atoms with Crippen molar-refractivity contribution in [2.24, 2.45) is 11.3 Å². The molecule has 0 spiro atoms. The van der Waals surface area contributed by atoms with Crippen LogP contribution in [0.25, 0.3) is 6.08 Å². The molecule has 5 nitrogen and oxygen atoms in total. The van der Waals surface area contributed by atoms with Gasteiger partial charge >= 0.3 is 0 Å². The van der Waals surface area contributed by atoms with Gasteiger partial charge in [0.2, 0.25) is 5.91 Å². The first-order valence-corrected chi connectivity index (χ1v) is 14.5. The number of epoxide rings is 1. The molecule has 0 aromatic carbocycles. The minimum absolute atomic E-state index is 0.0775. The maximum atomic E-state index is 13.1. The van der Waals surface area contributed by atoms with E-state index in [1.165, 1.54) is 0 Å². The number of hydrogen-bond donors (Lipinski definition) is 1. The Labute approximate surface area is 220 Å². The van der Waals surface area contributed by atoms with Crippen molar-refractivity contribution >= 4 is 40.7 Å². The number of fused-ring (bicyclic) bond motifs is 1. The number of rotatable bonds is 4. The maximum Gasteiger partial charge on any atom is 0.220 e. The average molecular weight is 523 g/mol. The summed E-state index contributed by atoms with van der Waals surface area (Å²) in [6, 6.07) is -0.356. The van der Waals surface area contributed by atoms with Gasteiger partial charge in [0.05, 0.1) is 27.9 Å². The van der Waals surface area contributed by atoms with Gasteiger partial charge in [-0.3, -0.25) is 9.59 Å². The predicted molar refractivity (Wildman–Crippen MR) is 145 cm³/mol. The van der Waals surface area contributed by atoms with Crippen LogP contribution in [0.3, 0.4) is 0 Å². The van der Waals surface area contributed by atoms with Crippen LogP contribution in [0.2, 0.25) is 0 Å². The molecule has 7 heteroatoms. The first-order valence-electron chi connectivity index (χ1n) is 13.2. The standard InChI is InChI=1S/C28H43ClN2O3S/c1-7-13-28-17-23(22(29)16-21-18-35-20(3)30-21)31-25(33)12-15-26(4,5)24(32)11-10-19(2)9-8-14-27(28,6)34-28/h16,18-19,23H,7-15,17H2,1-6H3,(H,31,33). The molecule has 1 aromatic heterocycles. The first-order chi connectivity index (χ1) is 16.4. The number of Topliss-reactive ketones (excluding diaryl/α,β-unsaturated/α-hetero) is 1. The van der Waals surface area contributed by atoms with Crippen LogP contribution >= 0.6 is 22.9 Å². The van der Waals surface area contributed by atoms with E-state index >= 15 is 0 Å². The second-order valence-corrected chi connectivity index (χ2v) is 13.1. The number of carbonyl (C=O) groups excluding carboxylic acids is 2. The predicted octanol–water partition coefficient (Wildman–Crippen LogP) is 7.21. The molecule has 3 heterocycles. The number of nitrogens with zero attached hydrogens (tertiary/aromatic N) is 1. The molecule has 2 aliphatic heterocycles. The van der Waals surface area contributed by atoms with Gasteiger partial charge < -0.3 is 10.1 Å². The molecule has 2 aliphatic rings. The van der Waals surface area contributed by atoms with Crippen molar-refractivity contribution in [1.82, 2.24) is 10.3 Å². The summed E-state index contributed by atoms with van der Waals surface area (Å²) in [5, 5.41) is 6.71.